The van der Waals surface area contributed by atoms with Crippen LogP contribution < -0.4 is 15.8 Å². The Kier molecular flexibility index (Phi) is 5.54. The van der Waals surface area contributed by atoms with E-state index in [1.54, 1.807) is 0 Å². The molecule has 0 aliphatic heterocycles. The minimum absolute atomic E-state index is 0.0569. The van der Waals surface area contributed by atoms with Crippen LogP contribution in [0.2, 0.25) is 0 Å². The van der Waals surface area contributed by atoms with Crippen molar-refractivity contribution in [2.24, 2.45) is 0 Å². The number of carbonyl (C=O) groups excluding carboxylic acids is 1. The molecule has 0 aliphatic carbocycles. The fourth-order valence-electron chi connectivity index (χ4n) is 3.08. The minimum atomic E-state index is -4.87. The fraction of sp³-hybridized carbons (Fsp3) is 0.158. The number of halogens is 6. The summed E-state index contributed by atoms with van der Waals surface area (Å²) in [6.45, 7) is -0.593. The molecule has 178 valence electrons. The molecule has 0 aliphatic rings. The molecule has 9 nitrogen and oxygen atoms in total. The molecule has 3 heterocycles. The van der Waals surface area contributed by atoms with Gasteiger partial charge in [0.15, 0.2) is 11.3 Å². The number of benzene rings is 1. The van der Waals surface area contributed by atoms with Gasteiger partial charge in [-0.05, 0) is 42.0 Å². The highest BCUT2D eigenvalue weighted by molar-refractivity contribution is 5.90. The van der Waals surface area contributed by atoms with Gasteiger partial charge in [0.1, 0.15) is 12.3 Å². The number of hydrogen-bond acceptors (Lipinski definition) is 6. The number of hydrogen-bond donors (Lipinski definition) is 2. The van der Waals surface area contributed by atoms with E-state index in [1.165, 1.54) is 22.8 Å². The number of amides is 1. The van der Waals surface area contributed by atoms with Gasteiger partial charge < -0.3 is 15.8 Å². The van der Waals surface area contributed by atoms with Crippen LogP contribution in [0.1, 0.15) is 5.69 Å². The molecule has 4 rings (SSSR count). The number of nitrogens with zero attached hydrogens (tertiary/aromatic N) is 5. The van der Waals surface area contributed by atoms with Crippen molar-refractivity contribution in [3.05, 3.63) is 54.5 Å². The zero-order valence-corrected chi connectivity index (χ0v) is 16.7. The Morgan fingerprint density at radius 2 is 1.76 bits per heavy atom. The van der Waals surface area contributed by atoms with Gasteiger partial charge in [0.2, 0.25) is 11.9 Å². The quantitative estimate of drug-likeness (QED) is 0.417. The zero-order chi connectivity index (χ0) is 24.7. The molecule has 0 saturated heterocycles. The highest BCUT2D eigenvalue weighted by Crippen LogP contribution is 2.36. The van der Waals surface area contributed by atoms with Crippen molar-refractivity contribution in [2.45, 2.75) is 19.1 Å². The molecule has 34 heavy (non-hydrogen) atoms. The van der Waals surface area contributed by atoms with Gasteiger partial charge in [-0.15, -0.1) is 18.3 Å². The number of nitrogens with two attached hydrogens (primary N) is 1. The second-order valence-electron chi connectivity index (χ2n) is 6.90. The number of alkyl halides is 6. The molecule has 15 heteroatoms. The number of nitrogen functional groups attached to an aromatic ring is 1. The third-order valence-corrected chi connectivity index (χ3v) is 4.37. The van der Waals surface area contributed by atoms with Crippen LogP contribution >= 0.6 is 0 Å². The van der Waals surface area contributed by atoms with Crippen LogP contribution in [-0.2, 0) is 17.5 Å². The number of aromatic nitrogens is 5. The molecule has 0 atom stereocenters. The third-order valence-electron chi connectivity index (χ3n) is 4.37. The maximum Gasteiger partial charge on any atom is 0.573 e. The van der Waals surface area contributed by atoms with E-state index in [1.807, 2.05) is 0 Å². The monoisotopic (exact) mass is 485 g/mol. The van der Waals surface area contributed by atoms with Gasteiger partial charge in [0, 0.05) is 23.6 Å². The van der Waals surface area contributed by atoms with Crippen LogP contribution in [0.25, 0.3) is 16.8 Å². The molecule has 4 aromatic rings. The number of pyridine rings is 1. The lowest BCUT2D eigenvalue weighted by Crippen LogP contribution is -2.20. The molecule has 0 saturated carbocycles. The second-order valence-corrected chi connectivity index (χ2v) is 6.90. The molecule has 1 aromatic carbocycles. The van der Waals surface area contributed by atoms with Crippen molar-refractivity contribution < 1.29 is 35.9 Å². The molecule has 0 spiro atoms. The van der Waals surface area contributed by atoms with E-state index >= 15 is 0 Å². The lowest BCUT2D eigenvalue weighted by molar-refractivity contribution is -0.274. The average Bonchev–Trinajstić information content (AvgIpc) is 3.30. The van der Waals surface area contributed by atoms with E-state index in [0.29, 0.717) is 0 Å². The Labute approximate surface area is 185 Å². The van der Waals surface area contributed by atoms with E-state index in [2.05, 4.69) is 25.2 Å². The van der Waals surface area contributed by atoms with E-state index < -0.39 is 36.4 Å². The molecular weight excluding hydrogens is 472 g/mol. The largest absolute Gasteiger partial charge is 0.573 e. The van der Waals surface area contributed by atoms with Crippen LogP contribution in [0, 0.1) is 0 Å². The number of anilines is 2. The van der Waals surface area contributed by atoms with Crippen molar-refractivity contribution in [3.8, 4) is 16.9 Å². The number of ether oxygens (including phenoxy) is 1. The Balaban J connectivity index is 1.54. The first-order valence-corrected chi connectivity index (χ1v) is 9.30. The van der Waals surface area contributed by atoms with Crippen LogP contribution in [0.5, 0.6) is 5.75 Å². The molecule has 1 amide bonds. The number of fused-ring (bicyclic) bond motifs is 1. The van der Waals surface area contributed by atoms with E-state index in [-0.39, 0.29) is 28.4 Å². The highest BCUT2D eigenvalue weighted by atomic mass is 19.4. The standard InChI is InChI=1S/C19H13F6N7O2/c20-18(21,22)16-13(10-5-6-32-14(7-10)28-17(26)30-32)8-31(29-16)9-15(33)27-11-1-3-12(4-2-11)34-19(23,24)25/h1-8H,9H2,(H2,26,30)(H,27,33). The summed E-state index contributed by atoms with van der Waals surface area (Å²) in [5.41, 5.74) is 4.43. The Bertz CT molecular complexity index is 1340. The van der Waals surface area contributed by atoms with Crippen LogP contribution in [0.3, 0.4) is 0 Å². The summed E-state index contributed by atoms with van der Waals surface area (Å²) in [6, 6.07) is 6.95. The van der Waals surface area contributed by atoms with Crippen LogP contribution in [-0.4, -0.2) is 36.6 Å². The smallest absolute Gasteiger partial charge is 0.406 e. The lowest BCUT2D eigenvalue weighted by atomic mass is 10.1. The van der Waals surface area contributed by atoms with Crippen molar-refractivity contribution >= 4 is 23.2 Å². The van der Waals surface area contributed by atoms with E-state index in [0.717, 1.165) is 35.1 Å². The highest BCUT2D eigenvalue weighted by Gasteiger charge is 2.38. The minimum Gasteiger partial charge on any atom is -0.406 e. The van der Waals surface area contributed by atoms with Gasteiger partial charge in [0.05, 0.1) is 0 Å². The van der Waals surface area contributed by atoms with Crippen molar-refractivity contribution in [1.82, 2.24) is 24.4 Å². The number of carbonyl (C=O) groups is 1. The normalized spacial score (nSPS) is 12.2. The molecule has 0 bridgehead atoms. The Morgan fingerprint density at radius 1 is 1.06 bits per heavy atom. The summed E-state index contributed by atoms with van der Waals surface area (Å²) < 4.78 is 83.2. The third kappa shape index (κ3) is 5.19. The summed E-state index contributed by atoms with van der Waals surface area (Å²) in [7, 11) is 0. The summed E-state index contributed by atoms with van der Waals surface area (Å²) >= 11 is 0. The predicted octanol–water partition coefficient (Wildman–Crippen LogP) is 3.73. The van der Waals surface area contributed by atoms with Crippen molar-refractivity contribution in [2.75, 3.05) is 11.1 Å². The first kappa shape index (κ1) is 22.9. The molecule has 0 fully saturated rings. The maximum atomic E-state index is 13.6. The Morgan fingerprint density at radius 3 is 2.41 bits per heavy atom. The van der Waals surface area contributed by atoms with E-state index in [4.69, 9.17) is 5.73 Å². The average molecular weight is 485 g/mol. The number of nitrogens with one attached hydrogen (secondary N) is 1. The van der Waals surface area contributed by atoms with Gasteiger partial charge in [-0.3, -0.25) is 9.48 Å². The first-order chi connectivity index (χ1) is 15.9. The predicted molar refractivity (Wildman–Crippen MR) is 105 cm³/mol. The maximum absolute atomic E-state index is 13.6. The summed E-state index contributed by atoms with van der Waals surface area (Å²) in [5, 5.41) is 9.71. The molecule has 3 N–H and O–H groups in total. The molecule has 3 aromatic heterocycles. The topological polar surface area (TPSA) is 112 Å². The first-order valence-electron chi connectivity index (χ1n) is 9.30. The molecular formula is C19H13F6N7O2. The van der Waals surface area contributed by atoms with Gasteiger partial charge in [-0.1, -0.05) is 0 Å². The van der Waals surface area contributed by atoms with Crippen molar-refractivity contribution in [1.29, 1.82) is 0 Å². The van der Waals surface area contributed by atoms with Gasteiger partial charge >= 0.3 is 12.5 Å². The zero-order valence-electron chi connectivity index (χ0n) is 16.7. The summed E-state index contributed by atoms with van der Waals surface area (Å²) in [5.74, 6) is -1.31. The fourth-order valence-corrected chi connectivity index (χ4v) is 3.08. The van der Waals surface area contributed by atoms with Crippen LogP contribution in [0.4, 0.5) is 38.0 Å². The molecule has 0 radical (unpaired) electrons. The molecule has 0 unspecified atom stereocenters. The summed E-state index contributed by atoms with van der Waals surface area (Å²) in [6.07, 6.45) is -7.26. The lowest BCUT2D eigenvalue weighted by Gasteiger charge is -2.10. The van der Waals surface area contributed by atoms with Crippen LogP contribution in [0.15, 0.2) is 48.8 Å². The SMILES string of the molecule is Nc1nc2cc(-c3cn(CC(=O)Nc4ccc(OC(F)(F)F)cc4)nc3C(F)(F)F)ccn2n1. The Hall–Kier alpha value is -4.30. The van der Waals surface area contributed by atoms with Gasteiger partial charge in [-0.2, -0.15) is 23.3 Å². The van der Waals surface area contributed by atoms with E-state index in [9.17, 15) is 31.1 Å². The number of rotatable bonds is 5. The second kappa shape index (κ2) is 8.24. The van der Waals surface area contributed by atoms with Gasteiger partial charge in [-0.25, -0.2) is 4.52 Å². The van der Waals surface area contributed by atoms with Crippen molar-refractivity contribution in [3.63, 3.8) is 0 Å². The summed E-state index contributed by atoms with van der Waals surface area (Å²) in [4.78, 5) is 16.2. The van der Waals surface area contributed by atoms with Gasteiger partial charge in [0.25, 0.3) is 0 Å².